The zero-order valence-corrected chi connectivity index (χ0v) is 16.9. The molecule has 0 spiro atoms. The van der Waals surface area contributed by atoms with Crippen LogP contribution in [0.1, 0.15) is 25.8 Å². The van der Waals surface area contributed by atoms with Crippen LogP contribution in [0.2, 0.25) is 0 Å². The molecule has 3 aromatic rings. The van der Waals surface area contributed by atoms with Crippen molar-refractivity contribution in [3.05, 3.63) is 64.5 Å². The summed E-state index contributed by atoms with van der Waals surface area (Å²) in [6.07, 6.45) is 2.12. The molecule has 0 bridgehead atoms. The Kier molecular flexibility index (Phi) is 6.28. The molecule has 1 amide bonds. The van der Waals surface area contributed by atoms with Crippen molar-refractivity contribution in [2.45, 2.75) is 33.2 Å². The molecular weight excluding hydrogens is 389 g/mol. The van der Waals surface area contributed by atoms with Crippen molar-refractivity contribution in [1.29, 1.82) is 0 Å². The largest absolute Gasteiger partial charge is 0.396 e. The van der Waals surface area contributed by atoms with Crippen molar-refractivity contribution in [2.75, 3.05) is 6.61 Å². The Morgan fingerprint density at radius 2 is 2.00 bits per heavy atom. The normalized spacial score (nSPS) is 11.6. The molecule has 3 rings (SSSR count). The molecule has 0 fully saturated rings. The molecule has 0 saturated carbocycles. The fourth-order valence-corrected chi connectivity index (χ4v) is 3.23. The van der Waals surface area contributed by atoms with Gasteiger partial charge in [-0.3, -0.25) is 19.4 Å². The zero-order chi connectivity index (χ0) is 21.9. The first-order valence-electron chi connectivity index (χ1n) is 9.60. The second-order valence-corrected chi connectivity index (χ2v) is 7.84. The highest BCUT2D eigenvalue weighted by Gasteiger charge is 2.27. The Balaban J connectivity index is 1.90. The van der Waals surface area contributed by atoms with Gasteiger partial charge in [-0.25, -0.2) is 14.9 Å². The molecule has 0 atom stereocenters. The Bertz CT molecular complexity index is 1140. The van der Waals surface area contributed by atoms with Crippen LogP contribution in [0.25, 0.3) is 22.0 Å². The van der Waals surface area contributed by atoms with Gasteiger partial charge in [-0.1, -0.05) is 32.0 Å². The number of carbonyl (C=O) groups excluding carboxylic acids is 1. The molecular formula is C22H24FN3O4. The zero-order valence-electron chi connectivity index (χ0n) is 16.9. The van der Waals surface area contributed by atoms with Crippen LogP contribution >= 0.6 is 0 Å². The SMILES string of the molecule is CC(C)(CCn1cnc2cc(-c3ccc(CCO)cc3F)ccc2c1=O)C(=O)NO. The monoisotopic (exact) mass is 413 g/mol. The summed E-state index contributed by atoms with van der Waals surface area (Å²) in [6, 6.07) is 9.75. The summed E-state index contributed by atoms with van der Waals surface area (Å²) >= 11 is 0. The number of aromatic nitrogens is 2. The number of hydroxylamine groups is 1. The molecule has 8 heteroatoms. The molecule has 3 N–H and O–H groups in total. The lowest BCUT2D eigenvalue weighted by Gasteiger charge is -2.22. The minimum absolute atomic E-state index is 0.0488. The third kappa shape index (κ3) is 4.39. The lowest BCUT2D eigenvalue weighted by atomic mass is 9.88. The van der Waals surface area contributed by atoms with E-state index in [1.807, 2.05) is 0 Å². The number of nitrogens with zero attached hydrogens (tertiary/aromatic N) is 2. The molecule has 158 valence electrons. The standard InChI is InChI=1S/C22H24FN3O4/c1-22(2,21(29)25-30)8-9-26-13-24-19-12-15(4-6-17(19)20(26)28)16-5-3-14(7-10-27)11-18(16)23/h3-6,11-13,27,30H,7-10H2,1-2H3,(H,25,29). The van der Waals surface area contributed by atoms with E-state index in [1.165, 1.54) is 17.0 Å². The molecule has 1 aromatic heterocycles. The van der Waals surface area contributed by atoms with E-state index < -0.39 is 17.1 Å². The molecule has 0 saturated heterocycles. The lowest BCUT2D eigenvalue weighted by molar-refractivity contribution is -0.138. The van der Waals surface area contributed by atoms with E-state index in [9.17, 15) is 14.0 Å². The van der Waals surface area contributed by atoms with Crippen LogP contribution in [0.15, 0.2) is 47.5 Å². The Morgan fingerprint density at radius 3 is 2.67 bits per heavy atom. The Hall–Kier alpha value is -3.10. The predicted octanol–water partition coefficient (Wildman–Crippen LogP) is 2.66. The summed E-state index contributed by atoms with van der Waals surface area (Å²) in [6.45, 7) is 3.55. The quantitative estimate of drug-likeness (QED) is 0.408. The van der Waals surface area contributed by atoms with Gasteiger partial charge in [0, 0.05) is 24.1 Å². The average molecular weight is 413 g/mol. The van der Waals surface area contributed by atoms with Gasteiger partial charge in [0.15, 0.2) is 0 Å². The van der Waals surface area contributed by atoms with Gasteiger partial charge >= 0.3 is 0 Å². The second-order valence-electron chi connectivity index (χ2n) is 7.84. The maximum atomic E-state index is 14.5. The lowest BCUT2D eigenvalue weighted by Crippen LogP contribution is -2.36. The van der Waals surface area contributed by atoms with Gasteiger partial charge in [-0.15, -0.1) is 0 Å². The summed E-state index contributed by atoms with van der Waals surface area (Å²) in [4.78, 5) is 28.8. The summed E-state index contributed by atoms with van der Waals surface area (Å²) in [5.74, 6) is -0.931. The van der Waals surface area contributed by atoms with Crippen LogP contribution in [0.3, 0.4) is 0 Å². The van der Waals surface area contributed by atoms with E-state index in [1.54, 1.807) is 49.7 Å². The highest BCUT2D eigenvalue weighted by molar-refractivity contribution is 5.83. The molecule has 30 heavy (non-hydrogen) atoms. The molecule has 1 heterocycles. The number of carbonyl (C=O) groups is 1. The van der Waals surface area contributed by atoms with E-state index in [2.05, 4.69) is 4.98 Å². The van der Waals surface area contributed by atoms with Crippen molar-refractivity contribution in [2.24, 2.45) is 5.41 Å². The number of fused-ring (bicyclic) bond motifs is 1. The third-order valence-electron chi connectivity index (χ3n) is 5.26. The number of hydrogen-bond acceptors (Lipinski definition) is 5. The van der Waals surface area contributed by atoms with Crippen molar-refractivity contribution < 1.29 is 19.5 Å². The molecule has 0 unspecified atom stereocenters. The van der Waals surface area contributed by atoms with Gasteiger partial charge in [0.05, 0.1) is 17.2 Å². The van der Waals surface area contributed by atoms with Gasteiger partial charge in [-0.05, 0) is 42.2 Å². The number of halogens is 1. The summed E-state index contributed by atoms with van der Waals surface area (Å²) in [5, 5.41) is 18.2. The van der Waals surface area contributed by atoms with Crippen LogP contribution < -0.4 is 11.0 Å². The van der Waals surface area contributed by atoms with Crippen molar-refractivity contribution in [3.8, 4) is 11.1 Å². The average Bonchev–Trinajstić information content (AvgIpc) is 2.72. The van der Waals surface area contributed by atoms with Gasteiger partial charge < -0.3 is 5.11 Å². The van der Waals surface area contributed by atoms with E-state index in [-0.39, 0.29) is 18.7 Å². The number of benzene rings is 2. The van der Waals surface area contributed by atoms with Crippen molar-refractivity contribution in [1.82, 2.24) is 15.0 Å². The first-order valence-corrected chi connectivity index (χ1v) is 9.60. The number of rotatable bonds is 7. The maximum Gasteiger partial charge on any atom is 0.261 e. The third-order valence-corrected chi connectivity index (χ3v) is 5.26. The summed E-state index contributed by atoms with van der Waals surface area (Å²) < 4.78 is 15.9. The van der Waals surface area contributed by atoms with Gasteiger partial charge in [0.25, 0.3) is 5.56 Å². The van der Waals surface area contributed by atoms with Crippen LogP contribution in [-0.4, -0.2) is 32.4 Å². The molecule has 7 nitrogen and oxygen atoms in total. The van der Waals surface area contributed by atoms with Gasteiger partial charge in [-0.2, -0.15) is 0 Å². The molecule has 0 aliphatic carbocycles. The smallest absolute Gasteiger partial charge is 0.261 e. The number of amides is 1. The highest BCUT2D eigenvalue weighted by Crippen LogP contribution is 2.26. The van der Waals surface area contributed by atoms with Crippen LogP contribution in [-0.2, 0) is 17.8 Å². The topological polar surface area (TPSA) is 104 Å². The molecule has 0 radical (unpaired) electrons. The summed E-state index contributed by atoms with van der Waals surface area (Å²) in [5.41, 5.74) is 2.66. The minimum atomic E-state index is -0.854. The fourth-order valence-electron chi connectivity index (χ4n) is 3.23. The van der Waals surface area contributed by atoms with Crippen LogP contribution in [0.5, 0.6) is 0 Å². The fraction of sp³-hybridized carbons (Fsp3) is 0.318. The molecule has 0 aliphatic rings. The highest BCUT2D eigenvalue weighted by atomic mass is 19.1. The number of aryl methyl sites for hydroxylation is 1. The number of aliphatic hydroxyl groups excluding tert-OH is 1. The van der Waals surface area contributed by atoms with Gasteiger partial charge in [0.1, 0.15) is 5.82 Å². The maximum absolute atomic E-state index is 14.5. The van der Waals surface area contributed by atoms with E-state index in [0.29, 0.717) is 40.4 Å². The first-order chi connectivity index (χ1) is 14.3. The predicted molar refractivity (Wildman–Crippen MR) is 111 cm³/mol. The first kappa shape index (κ1) is 21.6. The molecule has 0 aliphatic heterocycles. The van der Waals surface area contributed by atoms with E-state index in [0.717, 1.165) is 0 Å². The van der Waals surface area contributed by atoms with Crippen LogP contribution in [0, 0.1) is 11.2 Å². The van der Waals surface area contributed by atoms with E-state index >= 15 is 0 Å². The van der Waals surface area contributed by atoms with Crippen molar-refractivity contribution >= 4 is 16.8 Å². The number of nitrogens with one attached hydrogen (secondary N) is 1. The van der Waals surface area contributed by atoms with Gasteiger partial charge in [0.2, 0.25) is 5.91 Å². The summed E-state index contributed by atoms with van der Waals surface area (Å²) in [7, 11) is 0. The number of aliphatic hydroxyl groups is 1. The Morgan fingerprint density at radius 1 is 1.23 bits per heavy atom. The van der Waals surface area contributed by atoms with E-state index in [4.69, 9.17) is 10.3 Å². The van der Waals surface area contributed by atoms with Crippen molar-refractivity contribution in [3.63, 3.8) is 0 Å². The van der Waals surface area contributed by atoms with Crippen LogP contribution in [0.4, 0.5) is 4.39 Å². The Labute approximate surface area is 172 Å². The molecule has 2 aromatic carbocycles. The second kappa shape index (κ2) is 8.73. The minimum Gasteiger partial charge on any atom is -0.396 e. The number of hydrogen-bond donors (Lipinski definition) is 3.